The van der Waals surface area contributed by atoms with E-state index >= 15 is 0 Å². The summed E-state index contributed by atoms with van der Waals surface area (Å²) in [6.45, 7) is 2.70. The molecule has 0 amide bonds. The van der Waals surface area contributed by atoms with E-state index in [0.29, 0.717) is 18.1 Å². The monoisotopic (exact) mass is 278 g/mol. The molecule has 0 saturated heterocycles. The molecule has 0 unspecified atom stereocenters. The zero-order valence-corrected chi connectivity index (χ0v) is 11.4. The maximum atomic E-state index is 8.55. The third kappa shape index (κ3) is 2.97. The Morgan fingerprint density at radius 2 is 2.21 bits per heavy atom. The van der Waals surface area contributed by atoms with Gasteiger partial charge in [0.2, 0.25) is 0 Å². The number of amidine groups is 1. The Kier molecular flexibility index (Phi) is 3.91. The van der Waals surface area contributed by atoms with Crippen LogP contribution >= 0.6 is 11.3 Å². The van der Waals surface area contributed by atoms with Crippen molar-refractivity contribution in [2.75, 3.05) is 11.9 Å². The molecular formula is C11H14N6OS. The lowest BCUT2D eigenvalue weighted by Gasteiger charge is -2.17. The number of thiazole rings is 1. The van der Waals surface area contributed by atoms with Crippen LogP contribution in [0.3, 0.4) is 0 Å². The van der Waals surface area contributed by atoms with Crippen molar-refractivity contribution < 1.29 is 5.21 Å². The highest BCUT2D eigenvalue weighted by Gasteiger charge is 2.09. The molecular weight excluding hydrogens is 264 g/mol. The molecule has 0 aliphatic heterocycles. The number of oxime groups is 1. The maximum Gasteiger partial charge on any atom is 0.190 e. The van der Waals surface area contributed by atoms with Crippen LogP contribution in [0.5, 0.6) is 0 Å². The van der Waals surface area contributed by atoms with Crippen LogP contribution in [0.2, 0.25) is 0 Å². The molecule has 3 N–H and O–H groups in total. The quantitative estimate of drug-likeness (QED) is 0.374. The smallest absolute Gasteiger partial charge is 0.190 e. The molecule has 19 heavy (non-hydrogen) atoms. The highest BCUT2D eigenvalue weighted by molar-refractivity contribution is 7.09. The van der Waals surface area contributed by atoms with Crippen LogP contribution in [0.15, 0.2) is 23.1 Å². The van der Waals surface area contributed by atoms with E-state index in [0.717, 1.165) is 5.69 Å². The normalized spacial score (nSPS) is 11.6. The lowest BCUT2D eigenvalue weighted by atomic mass is 10.3. The predicted molar refractivity (Wildman–Crippen MR) is 73.5 cm³/mol. The Labute approximate surface area is 114 Å². The molecule has 8 heteroatoms. The second kappa shape index (κ2) is 5.61. The Hall–Kier alpha value is -2.22. The Balaban J connectivity index is 2.12. The van der Waals surface area contributed by atoms with Gasteiger partial charge in [0.15, 0.2) is 5.84 Å². The molecule has 0 bridgehead atoms. The molecule has 0 aliphatic carbocycles. The van der Waals surface area contributed by atoms with Gasteiger partial charge in [-0.2, -0.15) is 0 Å². The SMILES string of the molecule is Cc1ncsc1CN(C)c1cnc(C(N)=NO)cn1. The summed E-state index contributed by atoms with van der Waals surface area (Å²) in [5.41, 5.74) is 8.62. The van der Waals surface area contributed by atoms with Crippen molar-refractivity contribution in [2.45, 2.75) is 13.5 Å². The number of aryl methyl sites for hydroxylation is 1. The molecule has 0 aliphatic rings. The van der Waals surface area contributed by atoms with Crippen molar-refractivity contribution in [3.8, 4) is 0 Å². The Bertz CT molecular complexity index is 579. The van der Waals surface area contributed by atoms with Crippen LogP contribution in [0, 0.1) is 6.92 Å². The molecule has 0 radical (unpaired) electrons. The molecule has 2 aromatic heterocycles. The van der Waals surface area contributed by atoms with Crippen LogP contribution in [0.4, 0.5) is 5.82 Å². The second-order valence-electron chi connectivity index (χ2n) is 3.96. The van der Waals surface area contributed by atoms with E-state index in [1.54, 1.807) is 17.5 Å². The average Bonchev–Trinajstić information content (AvgIpc) is 2.83. The van der Waals surface area contributed by atoms with Gasteiger partial charge in [-0.1, -0.05) is 5.16 Å². The van der Waals surface area contributed by atoms with Crippen molar-refractivity contribution in [2.24, 2.45) is 10.9 Å². The lowest BCUT2D eigenvalue weighted by molar-refractivity contribution is 0.318. The van der Waals surface area contributed by atoms with Crippen LogP contribution in [-0.2, 0) is 6.54 Å². The van der Waals surface area contributed by atoms with E-state index in [2.05, 4.69) is 20.1 Å². The molecule has 2 aromatic rings. The molecule has 0 fully saturated rings. The summed E-state index contributed by atoms with van der Waals surface area (Å²) in [5, 5.41) is 11.4. The first-order chi connectivity index (χ1) is 9.11. The molecule has 2 heterocycles. The molecule has 0 saturated carbocycles. The lowest BCUT2D eigenvalue weighted by Crippen LogP contribution is -2.20. The van der Waals surface area contributed by atoms with Crippen LogP contribution < -0.4 is 10.6 Å². The first-order valence-corrected chi connectivity index (χ1v) is 6.40. The predicted octanol–water partition coefficient (Wildman–Crippen LogP) is 0.972. The summed E-state index contributed by atoms with van der Waals surface area (Å²) >= 11 is 1.61. The number of hydrogen-bond acceptors (Lipinski definition) is 7. The fourth-order valence-electron chi connectivity index (χ4n) is 1.48. The Morgan fingerprint density at radius 3 is 2.74 bits per heavy atom. The number of nitrogens with zero attached hydrogens (tertiary/aromatic N) is 5. The zero-order valence-electron chi connectivity index (χ0n) is 10.6. The first kappa shape index (κ1) is 13.2. The largest absolute Gasteiger partial charge is 0.409 e. The highest BCUT2D eigenvalue weighted by atomic mass is 32.1. The van der Waals surface area contributed by atoms with E-state index in [-0.39, 0.29) is 5.84 Å². The first-order valence-electron chi connectivity index (χ1n) is 5.52. The highest BCUT2D eigenvalue weighted by Crippen LogP contribution is 2.17. The summed E-state index contributed by atoms with van der Waals surface area (Å²) in [5.74, 6) is 0.655. The van der Waals surface area contributed by atoms with E-state index in [1.165, 1.54) is 11.1 Å². The number of anilines is 1. The van der Waals surface area contributed by atoms with Crippen LogP contribution in [0.1, 0.15) is 16.3 Å². The van der Waals surface area contributed by atoms with Gasteiger partial charge < -0.3 is 15.8 Å². The number of nitrogens with two attached hydrogens (primary N) is 1. The van der Waals surface area contributed by atoms with Gasteiger partial charge in [0.05, 0.1) is 30.1 Å². The summed E-state index contributed by atoms with van der Waals surface area (Å²) in [7, 11) is 1.92. The molecule has 2 rings (SSSR count). The van der Waals surface area contributed by atoms with E-state index in [9.17, 15) is 0 Å². The van der Waals surface area contributed by atoms with Gasteiger partial charge >= 0.3 is 0 Å². The molecule has 0 atom stereocenters. The fraction of sp³-hybridized carbons (Fsp3) is 0.273. The average molecular weight is 278 g/mol. The molecule has 7 nitrogen and oxygen atoms in total. The minimum absolute atomic E-state index is 0.0556. The minimum Gasteiger partial charge on any atom is -0.409 e. The van der Waals surface area contributed by atoms with Gasteiger partial charge in [-0.05, 0) is 6.92 Å². The van der Waals surface area contributed by atoms with Gasteiger partial charge in [0.25, 0.3) is 0 Å². The van der Waals surface area contributed by atoms with Crippen molar-refractivity contribution in [3.05, 3.63) is 34.2 Å². The van der Waals surface area contributed by atoms with Gasteiger partial charge in [-0.25, -0.2) is 15.0 Å². The third-order valence-electron chi connectivity index (χ3n) is 2.63. The second-order valence-corrected chi connectivity index (χ2v) is 4.90. The number of hydrogen-bond donors (Lipinski definition) is 2. The Morgan fingerprint density at radius 1 is 1.42 bits per heavy atom. The minimum atomic E-state index is -0.0556. The summed E-state index contributed by atoms with van der Waals surface area (Å²) in [4.78, 5) is 15.7. The van der Waals surface area contributed by atoms with Gasteiger partial charge in [-0.15, -0.1) is 11.3 Å². The fourth-order valence-corrected chi connectivity index (χ4v) is 2.31. The summed E-state index contributed by atoms with van der Waals surface area (Å²) < 4.78 is 0. The summed E-state index contributed by atoms with van der Waals surface area (Å²) in [6, 6.07) is 0. The van der Waals surface area contributed by atoms with Crippen molar-refractivity contribution in [3.63, 3.8) is 0 Å². The third-order valence-corrected chi connectivity index (χ3v) is 3.54. The summed E-state index contributed by atoms with van der Waals surface area (Å²) in [6.07, 6.45) is 3.06. The van der Waals surface area contributed by atoms with E-state index in [1.807, 2.05) is 24.4 Å². The van der Waals surface area contributed by atoms with Gasteiger partial charge in [0, 0.05) is 11.9 Å². The van der Waals surface area contributed by atoms with Crippen molar-refractivity contribution in [1.29, 1.82) is 0 Å². The van der Waals surface area contributed by atoms with Gasteiger partial charge in [-0.3, -0.25) is 0 Å². The van der Waals surface area contributed by atoms with E-state index < -0.39 is 0 Å². The molecule has 0 aromatic carbocycles. The van der Waals surface area contributed by atoms with Crippen molar-refractivity contribution in [1.82, 2.24) is 15.0 Å². The molecule has 100 valence electrons. The van der Waals surface area contributed by atoms with E-state index in [4.69, 9.17) is 10.9 Å². The van der Waals surface area contributed by atoms with Gasteiger partial charge in [0.1, 0.15) is 11.5 Å². The topological polar surface area (TPSA) is 101 Å². The zero-order chi connectivity index (χ0) is 13.8. The number of aromatic nitrogens is 3. The van der Waals surface area contributed by atoms with Crippen molar-refractivity contribution >= 4 is 23.0 Å². The molecule has 0 spiro atoms. The maximum absolute atomic E-state index is 8.55. The van der Waals surface area contributed by atoms with Crippen LogP contribution in [0.25, 0.3) is 0 Å². The number of rotatable bonds is 4. The standard InChI is InChI=1S/C11H14N6OS/c1-7-9(19-6-15-7)5-17(2)10-4-13-8(3-14-10)11(12)16-18/h3-4,6,18H,5H2,1-2H3,(H2,12,16). The van der Waals surface area contributed by atoms with Crippen LogP contribution in [-0.4, -0.2) is 33.0 Å².